The number of sulfonamides is 1. The molecule has 4 atom stereocenters. The summed E-state index contributed by atoms with van der Waals surface area (Å²) in [6, 6.07) is 11.7. The Hall–Kier alpha value is -3.19. The molecular weight excluding hydrogens is 548 g/mol. The second-order valence-electron chi connectivity index (χ2n) is 11.0. The summed E-state index contributed by atoms with van der Waals surface area (Å²) < 4.78 is 39.4. The minimum Gasteiger partial charge on any atom is -0.454 e. The van der Waals surface area contributed by atoms with E-state index in [1.807, 2.05) is 44.2 Å². The Morgan fingerprint density at radius 1 is 1.05 bits per heavy atom. The largest absolute Gasteiger partial charge is 0.454 e. The van der Waals surface area contributed by atoms with Gasteiger partial charge in [-0.05, 0) is 56.3 Å². The molecule has 224 valence electrons. The highest BCUT2D eigenvalue weighted by molar-refractivity contribution is 7.89. The van der Waals surface area contributed by atoms with Crippen molar-refractivity contribution in [3.05, 3.63) is 54.1 Å². The van der Waals surface area contributed by atoms with Crippen LogP contribution in [-0.2, 0) is 26.0 Å². The van der Waals surface area contributed by atoms with Crippen LogP contribution in [0.5, 0.6) is 11.5 Å². The third-order valence-corrected chi connectivity index (χ3v) is 8.99. The van der Waals surface area contributed by atoms with E-state index in [9.17, 15) is 23.1 Å². The number of benzene rings is 2. The molecular formula is C29H40N4O7S. The summed E-state index contributed by atoms with van der Waals surface area (Å²) >= 11 is 0. The van der Waals surface area contributed by atoms with Gasteiger partial charge in [-0.2, -0.15) is 4.31 Å². The molecule has 0 saturated carbocycles. The van der Waals surface area contributed by atoms with Gasteiger partial charge in [0.15, 0.2) is 11.5 Å². The Kier molecular flexibility index (Phi) is 10.2. The molecule has 11 nitrogen and oxygen atoms in total. The van der Waals surface area contributed by atoms with Crippen molar-refractivity contribution in [2.75, 3.05) is 26.4 Å². The molecule has 0 aliphatic carbocycles. The van der Waals surface area contributed by atoms with E-state index in [1.54, 1.807) is 13.0 Å². The molecule has 2 heterocycles. The van der Waals surface area contributed by atoms with Crippen molar-refractivity contribution < 1.29 is 32.6 Å². The van der Waals surface area contributed by atoms with Crippen LogP contribution in [0.4, 0.5) is 0 Å². The van der Waals surface area contributed by atoms with E-state index in [4.69, 9.17) is 9.47 Å². The molecule has 0 radical (unpaired) electrons. The van der Waals surface area contributed by atoms with Gasteiger partial charge in [0.05, 0.1) is 23.1 Å². The molecule has 4 N–H and O–H groups in total. The number of aliphatic hydroxyl groups is 1. The number of amides is 2. The molecule has 1 saturated heterocycles. The molecule has 12 heteroatoms. The SMILES string of the molecule is CC(C)CN(CC(O)C(Cc1ccccc1)NC(=O)C(C)NC(=O)C1CCCN1)S(=O)(=O)c1ccc2c(c1)OCO2. The fourth-order valence-electron chi connectivity index (χ4n) is 4.95. The smallest absolute Gasteiger partial charge is 0.243 e. The Labute approximate surface area is 241 Å². The summed E-state index contributed by atoms with van der Waals surface area (Å²) in [5, 5.41) is 20.2. The van der Waals surface area contributed by atoms with Gasteiger partial charge in [-0.25, -0.2) is 8.42 Å². The first-order chi connectivity index (χ1) is 19.5. The summed E-state index contributed by atoms with van der Waals surface area (Å²) in [5.74, 6) is 0.0605. The van der Waals surface area contributed by atoms with Crippen LogP contribution in [0.2, 0.25) is 0 Å². The van der Waals surface area contributed by atoms with Crippen LogP contribution in [0.25, 0.3) is 0 Å². The molecule has 2 aliphatic heterocycles. The van der Waals surface area contributed by atoms with E-state index in [2.05, 4.69) is 16.0 Å². The van der Waals surface area contributed by atoms with Crippen molar-refractivity contribution in [2.24, 2.45) is 5.92 Å². The zero-order valence-corrected chi connectivity index (χ0v) is 24.5. The van der Waals surface area contributed by atoms with Crippen molar-refractivity contribution in [2.45, 2.75) is 69.2 Å². The number of carbonyl (C=O) groups excluding carboxylic acids is 2. The first-order valence-electron chi connectivity index (χ1n) is 14.0. The van der Waals surface area contributed by atoms with Crippen molar-refractivity contribution in [1.82, 2.24) is 20.3 Å². The quantitative estimate of drug-likeness (QED) is 0.275. The maximum absolute atomic E-state index is 13.7. The van der Waals surface area contributed by atoms with Crippen molar-refractivity contribution in [3.63, 3.8) is 0 Å². The van der Waals surface area contributed by atoms with Crippen LogP contribution in [0.1, 0.15) is 39.2 Å². The Balaban J connectivity index is 1.52. The topological polar surface area (TPSA) is 146 Å². The average molecular weight is 589 g/mol. The van der Waals surface area contributed by atoms with Gasteiger partial charge in [-0.3, -0.25) is 9.59 Å². The van der Waals surface area contributed by atoms with E-state index in [-0.39, 0.29) is 49.1 Å². The number of nitrogens with zero attached hydrogens (tertiary/aromatic N) is 1. The fraction of sp³-hybridized carbons (Fsp3) is 0.517. The van der Waals surface area contributed by atoms with Gasteiger partial charge in [0.1, 0.15) is 6.04 Å². The lowest BCUT2D eigenvalue weighted by atomic mass is 10.0. The lowest BCUT2D eigenvalue weighted by molar-refractivity contribution is -0.130. The highest BCUT2D eigenvalue weighted by Gasteiger charge is 2.33. The molecule has 4 unspecified atom stereocenters. The molecule has 2 aliphatic rings. The molecule has 2 aromatic carbocycles. The van der Waals surface area contributed by atoms with Gasteiger partial charge in [-0.15, -0.1) is 0 Å². The second kappa shape index (κ2) is 13.6. The second-order valence-corrected chi connectivity index (χ2v) is 12.9. The van der Waals surface area contributed by atoms with Gasteiger partial charge in [-0.1, -0.05) is 44.2 Å². The number of ether oxygens (including phenoxy) is 2. The number of aliphatic hydroxyl groups excluding tert-OH is 1. The monoisotopic (exact) mass is 588 g/mol. The highest BCUT2D eigenvalue weighted by Crippen LogP contribution is 2.34. The van der Waals surface area contributed by atoms with Crippen LogP contribution in [0.15, 0.2) is 53.4 Å². The molecule has 1 fully saturated rings. The first-order valence-corrected chi connectivity index (χ1v) is 15.4. The zero-order valence-electron chi connectivity index (χ0n) is 23.7. The maximum Gasteiger partial charge on any atom is 0.243 e. The molecule has 0 aromatic heterocycles. The molecule has 0 spiro atoms. The number of fused-ring (bicyclic) bond motifs is 1. The fourth-order valence-corrected chi connectivity index (χ4v) is 6.58. The number of hydrogen-bond donors (Lipinski definition) is 4. The highest BCUT2D eigenvalue weighted by atomic mass is 32.2. The Bertz CT molecular complexity index is 1300. The number of nitrogens with one attached hydrogen (secondary N) is 3. The Morgan fingerprint density at radius 3 is 2.46 bits per heavy atom. The minimum atomic E-state index is -4.03. The maximum atomic E-state index is 13.7. The Morgan fingerprint density at radius 2 is 1.78 bits per heavy atom. The predicted octanol–water partition coefficient (Wildman–Crippen LogP) is 1.41. The van der Waals surface area contributed by atoms with Gasteiger partial charge in [0.25, 0.3) is 0 Å². The van der Waals surface area contributed by atoms with E-state index < -0.39 is 34.1 Å². The summed E-state index contributed by atoms with van der Waals surface area (Å²) in [4.78, 5) is 25.7. The number of rotatable bonds is 13. The number of hydrogen-bond acceptors (Lipinski definition) is 8. The van der Waals surface area contributed by atoms with Gasteiger partial charge in [0.2, 0.25) is 28.6 Å². The van der Waals surface area contributed by atoms with Gasteiger partial charge >= 0.3 is 0 Å². The third-order valence-electron chi connectivity index (χ3n) is 7.16. The van der Waals surface area contributed by atoms with Crippen molar-refractivity contribution in [1.29, 1.82) is 0 Å². The van der Waals surface area contributed by atoms with E-state index >= 15 is 0 Å². The predicted molar refractivity (Wildman–Crippen MR) is 153 cm³/mol. The summed E-state index contributed by atoms with van der Waals surface area (Å²) in [6.07, 6.45) is 0.615. The van der Waals surface area contributed by atoms with Crippen LogP contribution >= 0.6 is 0 Å². The molecule has 2 amide bonds. The van der Waals surface area contributed by atoms with Gasteiger partial charge < -0.3 is 30.5 Å². The molecule has 0 bridgehead atoms. The van der Waals surface area contributed by atoms with Crippen LogP contribution in [0.3, 0.4) is 0 Å². The van der Waals surface area contributed by atoms with Crippen LogP contribution in [0, 0.1) is 5.92 Å². The normalized spacial score (nSPS) is 18.7. The lowest BCUT2D eigenvalue weighted by Gasteiger charge is -2.31. The average Bonchev–Trinajstić information content (AvgIpc) is 3.64. The summed E-state index contributed by atoms with van der Waals surface area (Å²) in [7, 11) is -4.03. The lowest BCUT2D eigenvalue weighted by Crippen LogP contribution is -2.56. The molecule has 2 aromatic rings. The summed E-state index contributed by atoms with van der Waals surface area (Å²) in [6.45, 7) is 6.04. The molecule has 4 rings (SSSR count). The standard InChI is InChI=1S/C29H40N4O7S/c1-19(2)16-33(41(37,38)22-11-12-26-27(15-22)40-18-39-26)17-25(34)24(14-21-8-5-4-6-9-21)32-28(35)20(3)31-29(36)23-10-7-13-30-23/h4-6,8-9,11-12,15,19-20,23-25,30,34H,7,10,13-14,16-18H2,1-3H3,(H,31,36)(H,32,35). The first kappa shape index (κ1) is 30.8. The van der Waals surface area contributed by atoms with Crippen molar-refractivity contribution >= 4 is 21.8 Å². The third kappa shape index (κ3) is 7.97. The molecule has 41 heavy (non-hydrogen) atoms. The minimum absolute atomic E-state index is 0.0180. The van der Waals surface area contributed by atoms with E-state index in [0.717, 1.165) is 18.5 Å². The van der Waals surface area contributed by atoms with E-state index in [0.29, 0.717) is 17.9 Å². The zero-order chi connectivity index (χ0) is 29.6. The van der Waals surface area contributed by atoms with Gasteiger partial charge in [0, 0.05) is 19.2 Å². The van der Waals surface area contributed by atoms with Crippen molar-refractivity contribution in [3.8, 4) is 11.5 Å². The van der Waals surface area contributed by atoms with Crippen LogP contribution < -0.4 is 25.4 Å². The summed E-state index contributed by atoms with van der Waals surface area (Å²) in [5.41, 5.74) is 0.859. The van der Waals surface area contributed by atoms with E-state index in [1.165, 1.54) is 16.4 Å². The number of carbonyl (C=O) groups is 2. The van der Waals surface area contributed by atoms with Crippen LogP contribution in [-0.4, -0.2) is 80.3 Å².